The van der Waals surface area contributed by atoms with Crippen molar-refractivity contribution in [1.29, 1.82) is 5.26 Å². The smallest absolute Gasteiger partial charge is 0.246 e. The van der Waals surface area contributed by atoms with Gasteiger partial charge in [0, 0.05) is 23.4 Å². The van der Waals surface area contributed by atoms with Crippen LogP contribution in [-0.4, -0.2) is 59.0 Å². The molecule has 2 bridgehead atoms. The topological polar surface area (TPSA) is 94.4 Å². The number of hydrogen-bond acceptors (Lipinski definition) is 5. The zero-order valence-corrected chi connectivity index (χ0v) is 19.6. The number of fused-ring (bicyclic) bond motifs is 3. The fourth-order valence-corrected chi connectivity index (χ4v) is 6.54. The second kappa shape index (κ2) is 10.1. The number of ether oxygens (including phenoxy) is 1. The summed E-state index contributed by atoms with van der Waals surface area (Å²) in [6.45, 7) is 0.819. The molecule has 5 saturated carbocycles. The predicted molar refractivity (Wildman–Crippen MR) is 120 cm³/mol. The zero-order valence-electron chi connectivity index (χ0n) is 18.8. The van der Waals surface area contributed by atoms with Crippen molar-refractivity contribution >= 4 is 17.5 Å². The van der Waals surface area contributed by atoms with Gasteiger partial charge in [-0.25, -0.2) is 4.39 Å². The third-order valence-corrected chi connectivity index (χ3v) is 9.08. The van der Waals surface area contributed by atoms with E-state index in [2.05, 4.69) is 16.7 Å². The number of rotatable bonds is 7. The number of hydrogen-bond donors (Lipinski definition) is 3. The van der Waals surface area contributed by atoms with E-state index in [0.29, 0.717) is 25.2 Å². The highest BCUT2D eigenvalue weighted by molar-refractivity contribution is 6.21. The molecule has 8 heteroatoms. The number of aliphatic hydroxyl groups excluding tert-OH is 1. The maximum Gasteiger partial charge on any atom is 0.246 e. The van der Waals surface area contributed by atoms with Crippen molar-refractivity contribution in [3.8, 4) is 6.07 Å². The second-order valence-electron chi connectivity index (χ2n) is 10.7. The third-order valence-electron chi connectivity index (χ3n) is 8.59. The van der Waals surface area contributed by atoms with Gasteiger partial charge in [-0.15, -0.1) is 11.6 Å². The van der Waals surface area contributed by atoms with Crippen LogP contribution in [-0.2, 0) is 9.53 Å². The number of carbonyl (C=O) groups excluding carboxylic acids is 1. The van der Waals surface area contributed by atoms with Gasteiger partial charge in [0.1, 0.15) is 12.8 Å². The first-order chi connectivity index (χ1) is 15.3. The average molecular weight is 470 g/mol. The molecule has 0 spiro atoms. The van der Waals surface area contributed by atoms with Gasteiger partial charge in [0.2, 0.25) is 5.91 Å². The first kappa shape index (κ1) is 24.2. The van der Waals surface area contributed by atoms with Crippen LogP contribution >= 0.6 is 11.6 Å². The van der Waals surface area contributed by atoms with E-state index in [0.717, 1.165) is 57.9 Å². The van der Waals surface area contributed by atoms with E-state index in [1.165, 1.54) is 0 Å². The Bertz CT molecular complexity index is 701. The van der Waals surface area contributed by atoms with Crippen LogP contribution in [0, 0.1) is 23.2 Å². The quantitative estimate of drug-likeness (QED) is 0.497. The van der Waals surface area contributed by atoms with Gasteiger partial charge in [0.15, 0.2) is 0 Å². The van der Waals surface area contributed by atoms with Crippen LogP contribution in [0.4, 0.5) is 4.39 Å². The average Bonchev–Trinajstić information content (AvgIpc) is 2.80. The third kappa shape index (κ3) is 5.41. The number of alkyl halides is 2. The van der Waals surface area contributed by atoms with Crippen LogP contribution in [0.5, 0.6) is 0 Å². The Balaban J connectivity index is 1.22. The van der Waals surface area contributed by atoms with Crippen LogP contribution in [0.3, 0.4) is 0 Å². The molecule has 4 unspecified atom stereocenters. The van der Waals surface area contributed by atoms with Crippen LogP contribution in [0.1, 0.15) is 77.0 Å². The van der Waals surface area contributed by atoms with Gasteiger partial charge < -0.3 is 20.5 Å². The lowest BCUT2D eigenvalue weighted by atomic mass is 9.59. The van der Waals surface area contributed by atoms with Gasteiger partial charge in [-0.2, -0.15) is 5.26 Å². The first-order valence-electron chi connectivity index (χ1n) is 12.4. The van der Waals surface area contributed by atoms with E-state index >= 15 is 0 Å². The molecule has 3 N–H and O–H groups in total. The molecule has 32 heavy (non-hydrogen) atoms. The van der Waals surface area contributed by atoms with Gasteiger partial charge in [-0.1, -0.05) is 0 Å². The summed E-state index contributed by atoms with van der Waals surface area (Å²) in [7, 11) is 0. The number of nitriles is 1. The van der Waals surface area contributed by atoms with E-state index < -0.39 is 17.7 Å². The Hall–Kier alpha value is -0.940. The Labute approximate surface area is 195 Å². The number of halogens is 2. The van der Waals surface area contributed by atoms with E-state index in [1.807, 2.05) is 0 Å². The maximum absolute atomic E-state index is 13.8. The summed E-state index contributed by atoms with van der Waals surface area (Å²) in [5.41, 5.74) is -0.629. The minimum atomic E-state index is -1.08. The summed E-state index contributed by atoms with van der Waals surface area (Å²) in [5.74, 6) is 0.600. The van der Waals surface area contributed by atoms with Gasteiger partial charge in [-0.3, -0.25) is 4.79 Å². The molecule has 5 fully saturated rings. The molecular weight excluding hydrogens is 433 g/mol. The molecule has 4 atom stereocenters. The monoisotopic (exact) mass is 469 g/mol. The minimum Gasteiger partial charge on any atom is -0.391 e. The molecule has 5 aliphatic rings. The summed E-state index contributed by atoms with van der Waals surface area (Å²) in [6.07, 6.45) is 7.70. The van der Waals surface area contributed by atoms with Gasteiger partial charge in [-0.05, 0) is 83.1 Å². The van der Waals surface area contributed by atoms with Crippen molar-refractivity contribution in [2.24, 2.45) is 11.8 Å². The van der Waals surface area contributed by atoms with Crippen molar-refractivity contribution in [3.05, 3.63) is 0 Å². The van der Waals surface area contributed by atoms with Crippen LogP contribution < -0.4 is 10.6 Å². The number of nitrogens with one attached hydrogen (secondary N) is 2. The van der Waals surface area contributed by atoms with Gasteiger partial charge >= 0.3 is 0 Å². The highest BCUT2D eigenvalue weighted by atomic mass is 35.5. The second-order valence-corrected chi connectivity index (χ2v) is 11.3. The molecule has 0 aliphatic heterocycles. The summed E-state index contributed by atoms with van der Waals surface area (Å²) in [4.78, 5) is 12.6. The summed E-state index contributed by atoms with van der Waals surface area (Å²) in [5, 5.41) is 26.5. The normalized spacial score (nSPS) is 44.1. The Morgan fingerprint density at radius 2 is 1.88 bits per heavy atom. The molecule has 0 saturated heterocycles. The molecule has 6 nitrogen and oxygen atoms in total. The fraction of sp³-hybridized carbons (Fsp3) is 0.917. The van der Waals surface area contributed by atoms with Crippen LogP contribution in [0.15, 0.2) is 0 Å². The fourth-order valence-electron chi connectivity index (χ4n) is 6.31. The lowest BCUT2D eigenvalue weighted by Gasteiger charge is -2.57. The lowest BCUT2D eigenvalue weighted by Crippen LogP contribution is -2.70. The van der Waals surface area contributed by atoms with Crippen LogP contribution in [0.25, 0.3) is 0 Å². The lowest BCUT2D eigenvalue weighted by molar-refractivity contribution is -0.135. The first-order valence-corrected chi connectivity index (χ1v) is 12.8. The molecule has 180 valence electrons. The Kier molecular flexibility index (Phi) is 7.66. The molecular formula is C24H37ClFN3O3. The van der Waals surface area contributed by atoms with E-state index in [-0.39, 0.29) is 42.0 Å². The molecule has 5 aliphatic carbocycles. The molecule has 0 radical (unpaired) electrons. The van der Waals surface area contributed by atoms with Crippen LogP contribution in [0.2, 0.25) is 0 Å². The molecule has 1 amide bonds. The van der Waals surface area contributed by atoms with Crippen molar-refractivity contribution in [1.82, 2.24) is 10.6 Å². The summed E-state index contributed by atoms with van der Waals surface area (Å²) >= 11 is 5.92. The standard InChI is InChI=1S/C24H37ClFN3O3/c25-19-6-5-18(11-20(19)26)32-15-22(31)29-23-7-9-24(10-8-23,21(30)12-23)28-14-17-3-1-16(13-27)2-4-17/h16-21,28,30H,1-12,14-15H2,(H,29,31). The van der Waals surface area contributed by atoms with E-state index in [9.17, 15) is 14.3 Å². The molecule has 0 aromatic heterocycles. The number of nitrogens with zero attached hydrogens (tertiary/aromatic N) is 1. The molecule has 5 rings (SSSR count). The SMILES string of the molecule is N#CC1CCC(CNC23CCC(NC(=O)COC4CCC(Cl)C(F)C4)(CC2)CC3O)CC1. The van der Waals surface area contributed by atoms with E-state index in [1.54, 1.807) is 0 Å². The van der Waals surface area contributed by atoms with E-state index in [4.69, 9.17) is 21.6 Å². The highest BCUT2D eigenvalue weighted by Gasteiger charge is 2.54. The molecule has 0 heterocycles. The van der Waals surface area contributed by atoms with Crippen molar-refractivity contribution in [2.75, 3.05) is 13.2 Å². The molecule has 0 aromatic carbocycles. The number of amides is 1. The minimum absolute atomic E-state index is 0.0725. The highest BCUT2D eigenvalue weighted by Crippen LogP contribution is 2.47. The summed E-state index contributed by atoms with van der Waals surface area (Å²) in [6, 6.07) is 2.39. The largest absolute Gasteiger partial charge is 0.391 e. The maximum atomic E-state index is 13.8. The molecule has 0 aromatic rings. The van der Waals surface area contributed by atoms with Crippen molar-refractivity contribution in [2.45, 2.75) is 112 Å². The Morgan fingerprint density at radius 1 is 1.16 bits per heavy atom. The zero-order chi connectivity index (χ0) is 22.8. The summed E-state index contributed by atoms with van der Waals surface area (Å²) < 4.78 is 19.5. The van der Waals surface area contributed by atoms with Gasteiger partial charge in [0.05, 0.1) is 23.7 Å². The van der Waals surface area contributed by atoms with Crippen molar-refractivity contribution < 1.29 is 19.0 Å². The number of aliphatic hydroxyl groups is 1. The van der Waals surface area contributed by atoms with Gasteiger partial charge in [0.25, 0.3) is 0 Å². The Morgan fingerprint density at radius 3 is 2.50 bits per heavy atom. The number of carbonyl (C=O) groups is 1. The van der Waals surface area contributed by atoms with Crippen molar-refractivity contribution in [3.63, 3.8) is 0 Å². The predicted octanol–water partition coefficient (Wildman–Crippen LogP) is 3.35.